The first-order valence-corrected chi connectivity index (χ1v) is 19.7. The highest BCUT2D eigenvalue weighted by Gasteiger charge is 2.73. The van der Waals surface area contributed by atoms with E-state index in [-0.39, 0.29) is 41.1 Å². The molecule has 0 spiro atoms. The predicted molar refractivity (Wildman–Crippen MR) is 169 cm³/mol. The van der Waals surface area contributed by atoms with Gasteiger partial charge in [-0.05, 0) is 36.3 Å². The van der Waals surface area contributed by atoms with Crippen LogP contribution in [0.5, 0.6) is 0 Å². The Morgan fingerprint density at radius 1 is 0.787 bits per heavy atom. The van der Waals surface area contributed by atoms with E-state index in [1.54, 1.807) is 9.13 Å². The predicted octanol–water partition coefficient (Wildman–Crippen LogP) is -0.164. The summed E-state index contributed by atoms with van der Waals surface area (Å²) >= 11 is 5.86. The van der Waals surface area contributed by atoms with Crippen molar-refractivity contribution in [3.63, 3.8) is 0 Å². The van der Waals surface area contributed by atoms with Gasteiger partial charge in [0.15, 0.2) is 37.7 Å². The first-order chi connectivity index (χ1) is 21.9. The average Bonchev–Trinajstić information content (AvgIpc) is 3.62. The van der Waals surface area contributed by atoms with E-state index in [0.717, 1.165) is 0 Å². The Kier molecular flexibility index (Phi) is 7.39. The summed E-state index contributed by atoms with van der Waals surface area (Å²) in [5.74, 6) is 0.140. The zero-order chi connectivity index (χ0) is 34.0. The van der Waals surface area contributed by atoms with Gasteiger partial charge in [0.25, 0.3) is 0 Å². The minimum absolute atomic E-state index is 0.00312. The van der Waals surface area contributed by atoms with E-state index in [4.69, 9.17) is 23.1 Å². The molecule has 10 N–H and O–H groups in total. The van der Waals surface area contributed by atoms with Crippen LogP contribution in [0.1, 0.15) is 24.9 Å². The van der Waals surface area contributed by atoms with E-state index < -0.39 is 62.1 Å². The molecule has 4 aliphatic rings. The molecular formula is C26H35ClN10O8P2. The van der Waals surface area contributed by atoms with Gasteiger partial charge in [-0.15, -0.1) is 0 Å². The molecule has 254 valence electrons. The van der Waals surface area contributed by atoms with Crippen molar-refractivity contribution >= 4 is 60.3 Å². The number of anilines is 2. The van der Waals surface area contributed by atoms with E-state index in [1.165, 1.54) is 32.3 Å². The van der Waals surface area contributed by atoms with Crippen molar-refractivity contribution < 1.29 is 39.3 Å². The minimum Gasteiger partial charge on any atom is -0.390 e. The number of fused-ring (bicyclic) bond motifs is 4. The van der Waals surface area contributed by atoms with Crippen LogP contribution in [-0.2, 0) is 9.13 Å². The van der Waals surface area contributed by atoms with Gasteiger partial charge < -0.3 is 50.8 Å². The lowest BCUT2D eigenvalue weighted by Crippen LogP contribution is -2.35. The van der Waals surface area contributed by atoms with Crippen LogP contribution in [0.2, 0.25) is 5.28 Å². The molecule has 8 rings (SSSR count). The number of halogens is 1. The van der Waals surface area contributed by atoms with E-state index in [9.17, 15) is 39.3 Å². The molecule has 2 unspecified atom stereocenters. The monoisotopic (exact) mass is 712 g/mol. The maximum Gasteiger partial charge on any atom is 0.226 e. The molecule has 0 radical (unpaired) electrons. The first-order valence-electron chi connectivity index (χ1n) is 14.8. The molecule has 21 heteroatoms. The second kappa shape index (κ2) is 10.6. The number of nitrogen functional groups attached to an aromatic ring is 2. The van der Waals surface area contributed by atoms with Crippen LogP contribution in [0.3, 0.4) is 0 Å². The van der Waals surface area contributed by atoms with Gasteiger partial charge in [0.1, 0.15) is 29.6 Å². The molecule has 4 fully saturated rings. The first kappa shape index (κ1) is 32.7. The summed E-state index contributed by atoms with van der Waals surface area (Å²) in [6.45, 7) is 2.55. The van der Waals surface area contributed by atoms with Crippen molar-refractivity contribution in [1.82, 2.24) is 39.0 Å². The summed E-state index contributed by atoms with van der Waals surface area (Å²) in [6, 6.07) is -0.960. The van der Waals surface area contributed by atoms with Gasteiger partial charge in [-0.3, -0.25) is 9.13 Å². The van der Waals surface area contributed by atoms with Crippen LogP contribution in [0.25, 0.3) is 22.3 Å². The fourth-order valence-electron chi connectivity index (χ4n) is 8.41. The van der Waals surface area contributed by atoms with Crippen molar-refractivity contribution in [1.29, 1.82) is 0 Å². The number of nitrogens with zero attached hydrogens (tertiary/aromatic N) is 8. The molecule has 4 aromatic heterocycles. The number of rotatable bonds is 6. The molecule has 0 saturated heterocycles. The Labute approximate surface area is 271 Å². The quantitative estimate of drug-likeness (QED) is 0.0951. The standard InChI is InChI=1S/C13H17ClN5O4P.C13H18N5O4P/c1-24(22,23)3-13-2-5(13)7(8(20)9(13)21)19-4-16-6-10(15)17-12(14)18-11(6)19;1-23(21,22)3-13-2-6(13)8(9(19)10(13)20)18-5-17-7-11(14)15-4-16-12(7)18/h4-5,7-9,20-21H,2-3H2,1H3,(H,22,23)(H2,15,17,18);4-6,8-10,19-20H,2-3H2,1H3,(H,21,22)(H2,14,15,16)/t5-,7-,8+,9+,13+;6-,8-,9+,10+,13+/m11/s1. The molecule has 4 aromatic rings. The molecule has 0 aliphatic heterocycles. The summed E-state index contributed by atoms with van der Waals surface area (Å²) in [5, 5.41) is 41.9. The van der Waals surface area contributed by atoms with E-state index in [2.05, 4.69) is 29.9 Å². The summed E-state index contributed by atoms with van der Waals surface area (Å²) in [7, 11) is -6.64. The Hall–Kier alpha value is -2.79. The molecule has 47 heavy (non-hydrogen) atoms. The lowest BCUT2D eigenvalue weighted by atomic mass is 10.0. The van der Waals surface area contributed by atoms with Gasteiger partial charge in [0.2, 0.25) is 5.28 Å². The van der Waals surface area contributed by atoms with Gasteiger partial charge in [-0.2, -0.15) is 9.97 Å². The van der Waals surface area contributed by atoms with Crippen molar-refractivity contribution in [2.24, 2.45) is 22.7 Å². The summed E-state index contributed by atoms with van der Waals surface area (Å²) in [4.78, 5) is 43.8. The highest BCUT2D eigenvalue weighted by molar-refractivity contribution is 7.57. The van der Waals surface area contributed by atoms with E-state index in [0.29, 0.717) is 35.2 Å². The Morgan fingerprint density at radius 3 is 1.74 bits per heavy atom. The van der Waals surface area contributed by atoms with E-state index in [1.807, 2.05) is 0 Å². The van der Waals surface area contributed by atoms with Crippen molar-refractivity contribution in [3.8, 4) is 0 Å². The minimum atomic E-state index is -3.33. The molecule has 4 aliphatic carbocycles. The lowest BCUT2D eigenvalue weighted by Gasteiger charge is -2.24. The van der Waals surface area contributed by atoms with Crippen LogP contribution < -0.4 is 11.5 Å². The van der Waals surface area contributed by atoms with Crippen LogP contribution >= 0.6 is 26.3 Å². The normalized spacial score (nSPS) is 37.9. The second-order valence-electron chi connectivity index (χ2n) is 13.6. The number of aromatic nitrogens is 8. The largest absolute Gasteiger partial charge is 0.390 e. The van der Waals surface area contributed by atoms with Gasteiger partial charge >= 0.3 is 0 Å². The zero-order valence-electron chi connectivity index (χ0n) is 25.2. The van der Waals surface area contributed by atoms with E-state index >= 15 is 0 Å². The van der Waals surface area contributed by atoms with Crippen molar-refractivity contribution in [3.05, 3.63) is 24.3 Å². The fourth-order valence-corrected chi connectivity index (χ4v) is 11.9. The van der Waals surface area contributed by atoms with Crippen LogP contribution in [-0.4, -0.2) is 119 Å². The van der Waals surface area contributed by atoms with Gasteiger partial charge in [0.05, 0.1) is 36.9 Å². The summed E-state index contributed by atoms with van der Waals surface area (Å²) < 4.78 is 27.0. The molecular weight excluding hydrogens is 678 g/mol. The smallest absolute Gasteiger partial charge is 0.226 e. The average molecular weight is 713 g/mol. The fraction of sp³-hybridized carbons (Fsp3) is 0.615. The Morgan fingerprint density at radius 2 is 1.26 bits per heavy atom. The van der Waals surface area contributed by atoms with Crippen molar-refractivity contribution in [2.75, 3.05) is 37.1 Å². The number of imidazole rings is 2. The highest BCUT2D eigenvalue weighted by atomic mass is 35.5. The molecule has 0 aromatic carbocycles. The Balaban J connectivity index is 0.000000150. The number of hydrogen-bond acceptors (Lipinski definition) is 14. The summed E-state index contributed by atoms with van der Waals surface area (Å²) in [5.41, 5.74) is 11.8. The van der Waals surface area contributed by atoms with Gasteiger partial charge in [-0.1, -0.05) is 0 Å². The molecule has 0 bridgehead atoms. The zero-order valence-corrected chi connectivity index (χ0v) is 27.7. The second-order valence-corrected chi connectivity index (χ2v) is 18.8. The highest BCUT2D eigenvalue weighted by Crippen LogP contribution is 2.72. The number of hydrogen-bond donors (Lipinski definition) is 8. The third kappa shape index (κ3) is 5.16. The number of nitrogens with two attached hydrogens (primary N) is 2. The molecule has 18 nitrogen and oxygen atoms in total. The molecule has 4 saturated carbocycles. The number of aliphatic hydroxyl groups excluding tert-OH is 4. The molecule has 4 heterocycles. The maximum atomic E-state index is 11.8. The lowest BCUT2D eigenvalue weighted by molar-refractivity contribution is -0.0133. The Bertz CT molecular complexity index is 2000. The van der Waals surface area contributed by atoms with Gasteiger partial charge in [-0.25, -0.2) is 19.9 Å². The maximum absolute atomic E-state index is 11.8. The van der Waals surface area contributed by atoms with Crippen LogP contribution in [0.15, 0.2) is 19.0 Å². The van der Waals surface area contributed by atoms with Gasteiger partial charge in [0, 0.05) is 36.5 Å². The topological polar surface area (TPSA) is 295 Å². The molecule has 0 amide bonds. The SMILES string of the molecule is CP(=O)(O)C[C@@]12C[C@@H]1[C@@H](n1cnc3c(N)nc(Cl)nc31)[C@H](O)[C@@H]2O.CP(=O)(O)C[C@@]12C[C@@H]1[C@@H](n1cnc3c(N)ncnc31)[C@H](O)[C@@H]2O. The number of aliphatic hydroxyl groups is 4. The van der Waals surface area contributed by atoms with Crippen LogP contribution in [0, 0.1) is 22.7 Å². The third-order valence-corrected chi connectivity index (χ3v) is 12.9. The molecule has 12 atom stereocenters. The van der Waals surface area contributed by atoms with Crippen LogP contribution in [0.4, 0.5) is 11.6 Å². The summed E-state index contributed by atoms with van der Waals surface area (Å²) in [6.07, 6.45) is 1.18. The third-order valence-electron chi connectivity index (χ3n) is 10.3. The van der Waals surface area contributed by atoms with Crippen molar-refractivity contribution in [2.45, 2.75) is 49.3 Å².